The van der Waals surface area contributed by atoms with E-state index in [1.54, 1.807) is 24.0 Å². The fraction of sp³-hybridized carbons (Fsp3) is 0.571. The maximum atomic E-state index is 5.49. The van der Waals surface area contributed by atoms with Crippen LogP contribution in [0.1, 0.15) is 5.56 Å². The molecule has 1 aliphatic rings. The summed E-state index contributed by atoms with van der Waals surface area (Å²) in [7, 11) is 5.67. The van der Waals surface area contributed by atoms with Gasteiger partial charge >= 0.3 is 0 Å². The van der Waals surface area contributed by atoms with E-state index in [2.05, 4.69) is 13.1 Å². The second-order valence-electron chi connectivity index (χ2n) is 5.04. The van der Waals surface area contributed by atoms with Gasteiger partial charge in [-0.25, -0.2) is 0 Å². The van der Waals surface area contributed by atoms with Gasteiger partial charge in [0, 0.05) is 0 Å². The van der Waals surface area contributed by atoms with Crippen LogP contribution in [0.25, 0.3) is 0 Å². The predicted molar refractivity (Wildman–Crippen MR) is 70.6 cm³/mol. The van der Waals surface area contributed by atoms with Crippen molar-refractivity contribution in [2.24, 2.45) is 0 Å². The predicted octanol–water partition coefficient (Wildman–Crippen LogP) is -1.38. The lowest BCUT2D eigenvalue weighted by Crippen LogP contribution is -3.26. The quantitative estimate of drug-likeness (QED) is 0.691. The third kappa shape index (κ3) is 2.94. The van der Waals surface area contributed by atoms with Crippen LogP contribution < -0.4 is 19.3 Å². The number of ether oxygens (including phenoxy) is 2. The van der Waals surface area contributed by atoms with Gasteiger partial charge in [-0.05, 0) is 12.1 Å². The van der Waals surface area contributed by atoms with E-state index in [-0.39, 0.29) is 0 Å². The molecule has 4 nitrogen and oxygen atoms in total. The summed E-state index contributed by atoms with van der Waals surface area (Å²) in [6.45, 7) is 5.98. The maximum Gasteiger partial charge on any atom is 0.169 e. The van der Waals surface area contributed by atoms with E-state index >= 15 is 0 Å². The summed E-state index contributed by atoms with van der Waals surface area (Å²) in [5.41, 5.74) is 1.24. The van der Waals surface area contributed by atoms with Crippen LogP contribution in [0.4, 0.5) is 0 Å². The van der Waals surface area contributed by atoms with Crippen LogP contribution in [-0.2, 0) is 6.54 Å². The highest BCUT2D eigenvalue weighted by Crippen LogP contribution is 2.29. The molecule has 0 saturated carbocycles. The molecule has 1 aromatic carbocycles. The van der Waals surface area contributed by atoms with Crippen molar-refractivity contribution in [2.75, 3.05) is 47.4 Å². The molecule has 2 N–H and O–H groups in total. The Kier molecular flexibility index (Phi) is 4.44. The second kappa shape index (κ2) is 6.07. The molecule has 0 spiro atoms. The Balaban J connectivity index is 2.09. The third-order valence-electron chi connectivity index (χ3n) is 3.74. The molecule has 0 aromatic heterocycles. The lowest BCUT2D eigenvalue weighted by Gasteiger charge is -2.27. The normalized spacial score (nSPS) is 23.7. The van der Waals surface area contributed by atoms with Gasteiger partial charge in [0.2, 0.25) is 0 Å². The first-order valence-corrected chi connectivity index (χ1v) is 6.59. The molecule has 1 fully saturated rings. The number of para-hydroxylation sites is 1. The molecule has 18 heavy (non-hydrogen) atoms. The highest BCUT2D eigenvalue weighted by atomic mass is 16.5. The van der Waals surface area contributed by atoms with Gasteiger partial charge < -0.3 is 19.3 Å². The van der Waals surface area contributed by atoms with Gasteiger partial charge in [-0.3, -0.25) is 0 Å². The average Bonchev–Trinajstić information content (AvgIpc) is 2.41. The zero-order valence-corrected chi connectivity index (χ0v) is 11.6. The van der Waals surface area contributed by atoms with E-state index in [0.717, 1.165) is 18.0 Å². The fourth-order valence-electron chi connectivity index (χ4n) is 2.57. The summed E-state index contributed by atoms with van der Waals surface area (Å²) in [6.07, 6.45) is 0. The molecule has 0 aliphatic carbocycles. The number of likely N-dealkylation sites (N-methyl/N-ethyl adjacent to an activating group) is 1. The van der Waals surface area contributed by atoms with Crippen LogP contribution >= 0.6 is 0 Å². The Hall–Kier alpha value is -1.26. The van der Waals surface area contributed by atoms with E-state index < -0.39 is 0 Å². The van der Waals surface area contributed by atoms with Crippen LogP contribution in [0.2, 0.25) is 0 Å². The lowest BCUT2D eigenvalue weighted by atomic mass is 10.1. The molecule has 1 saturated heterocycles. The van der Waals surface area contributed by atoms with Crippen molar-refractivity contribution in [3.05, 3.63) is 23.8 Å². The molecule has 0 unspecified atom stereocenters. The summed E-state index contributed by atoms with van der Waals surface area (Å²) in [6, 6.07) is 6.13. The van der Waals surface area contributed by atoms with Gasteiger partial charge in [-0.15, -0.1) is 0 Å². The standard InChI is InChI=1S/C14H22N2O2/c1-15-7-9-16(10-8-15)11-12-5-4-6-13(17-2)14(12)18-3/h4-6H,7-11H2,1-3H3/p+2. The molecule has 2 rings (SSSR count). The summed E-state index contributed by atoms with van der Waals surface area (Å²) in [4.78, 5) is 3.27. The van der Waals surface area contributed by atoms with E-state index in [4.69, 9.17) is 9.47 Å². The Morgan fingerprint density at radius 1 is 1.06 bits per heavy atom. The van der Waals surface area contributed by atoms with Gasteiger partial charge in [-0.2, -0.15) is 0 Å². The van der Waals surface area contributed by atoms with E-state index in [1.165, 1.54) is 31.7 Å². The van der Waals surface area contributed by atoms with E-state index in [1.807, 2.05) is 12.1 Å². The van der Waals surface area contributed by atoms with Gasteiger partial charge in [0.15, 0.2) is 11.5 Å². The Bertz CT molecular complexity index is 387. The van der Waals surface area contributed by atoms with Crippen molar-refractivity contribution in [3.63, 3.8) is 0 Å². The van der Waals surface area contributed by atoms with E-state index in [9.17, 15) is 0 Å². The lowest BCUT2D eigenvalue weighted by molar-refractivity contribution is -1.01. The maximum absolute atomic E-state index is 5.49. The number of nitrogens with one attached hydrogen (secondary N) is 2. The fourth-order valence-corrected chi connectivity index (χ4v) is 2.57. The minimum atomic E-state index is 0.828. The van der Waals surface area contributed by atoms with Crippen molar-refractivity contribution in [1.29, 1.82) is 0 Å². The third-order valence-corrected chi connectivity index (χ3v) is 3.74. The average molecular weight is 252 g/mol. The minimum Gasteiger partial charge on any atom is -0.493 e. The molecule has 4 heteroatoms. The van der Waals surface area contributed by atoms with Gasteiger partial charge in [0.25, 0.3) is 0 Å². The van der Waals surface area contributed by atoms with Crippen molar-refractivity contribution >= 4 is 0 Å². The Morgan fingerprint density at radius 3 is 2.39 bits per heavy atom. The number of methoxy groups -OCH3 is 2. The number of quaternary nitrogens is 2. The first-order valence-electron chi connectivity index (χ1n) is 6.59. The van der Waals surface area contributed by atoms with Crippen molar-refractivity contribution < 1.29 is 19.3 Å². The highest BCUT2D eigenvalue weighted by Gasteiger charge is 2.22. The Morgan fingerprint density at radius 2 is 1.78 bits per heavy atom. The number of benzene rings is 1. The summed E-state index contributed by atoms with van der Waals surface area (Å²) >= 11 is 0. The minimum absolute atomic E-state index is 0.828. The number of hydrogen-bond donors (Lipinski definition) is 2. The van der Waals surface area contributed by atoms with Crippen molar-refractivity contribution in [2.45, 2.75) is 6.54 Å². The van der Waals surface area contributed by atoms with Crippen LogP contribution in [0.5, 0.6) is 11.5 Å². The molecule has 0 radical (unpaired) electrons. The first kappa shape index (κ1) is 13.2. The summed E-state index contributed by atoms with van der Waals surface area (Å²) in [5, 5.41) is 0. The summed E-state index contributed by atoms with van der Waals surface area (Å²) < 4.78 is 10.8. The molecule has 0 atom stereocenters. The Labute approximate surface area is 109 Å². The first-order chi connectivity index (χ1) is 8.74. The molecule has 0 bridgehead atoms. The molecule has 100 valence electrons. The molecule has 1 heterocycles. The highest BCUT2D eigenvalue weighted by molar-refractivity contribution is 5.46. The number of rotatable bonds is 4. The molecular weight excluding hydrogens is 228 g/mol. The molecular formula is C14H24N2O2+2. The van der Waals surface area contributed by atoms with E-state index in [0.29, 0.717) is 0 Å². The summed E-state index contributed by atoms with van der Waals surface area (Å²) in [5.74, 6) is 1.72. The van der Waals surface area contributed by atoms with Crippen LogP contribution in [0.3, 0.4) is 0 Å². The van der Waals surface area contributed by atoms with Gasteiger partial charge in [0.05, 0.1) is 26.8 Å². The molecule has 0 amide bonds. The molecule has 1 aromatic rings. The van der Waals surface area contributed by atoms with Gasteiger partial charge in [0.1, 0.15) is 32.7 Å². The zero-order valence-electron chi connectivity index (χ0n) is 11.6. The topological polar surface area (TPSA) is 27.3 Å². The molecule has 1 aliphatic heterocycles. The zero-order chi connectivity index (χ0) is 13.0. The van der Waals surface area contributed by atoms with Crippen molar-refractivity contribution in [3.8, 4) is 11.5 Å². The second-order valence-corrected chi connectivity index (χ2v) is 5.04. The van der Waals surface area contributed by atoms with Crippen LogP contribution in [-0.4, -0.2) is 47.4 Å². The SMILES string of the molecule is COc1cccc(C[NH+]2CC[NH+](C)CC2)c1OC. The number of hydrogen-bond acceptors (Lipinski definition) is 2. The smallest absolute Gasteiger partial charge is 0.169 e. The van der Waals surface area contributed by atoms with Crippen LogP contribution in [0, 0.1) is 0 Å². The largest absolute Gasteiger partial charge is 0.493 e. The van der Waals surface area contributed by atoms with Crippen LogP contribution in [0.15, 0.2) is 18.2 Å². The number of piperazine rings is 1. The van der Waals surface area contributed by atoms with Crippen molar-refractivity contribution in [1.82, 2.24) is 0 Å². The van der Waals surface area contributed by atoms with Gasteiger partial charge in [-0.1, -0.05) is 6.07 Å². The monoisotopic (exact) mass is 252 g/mol.